The minimum atomic E-state index is -1.75. The number of hydrogen-bond acceptors (Lipinski definition) is 9. The highest BCUT2D eigenvalue weighted by atomic mass is 31.2. The number of benzene rings is 1. The Balaban J connectivity index is 0.000000730. The molecule has 2 aliphatic heterocycles. The van der Waals surface area contributed by atoms with Crippen LogP contribution in [0.4, 0.5) is 14.6 Å². The lowest BCUT2D eigenvalue weighted by atomic mass is 10.2. The van der Waals surface area contributed by atoms with Crippen LogP contribution in [0.15, 0.2) is 36.9 Å². The van der Waals surface area contributed by atoms with Crippen molar-refractivity contribution in [2.45, 2.75) is 31.5 Å². The van der Waals surface area contributed by atoms with Gasteiger partial charge < -0.3 is 20.1 Å². The Morgan fingerprint density at radius 1 is 1.26 bits per heavy atom. The largest absolute Gasteiger partial charge is 0.426 e. The van der Waals surface area contributed by atoms with E-state index in [0.717, 1.165) is 11.3 Å². The fraction of sp³-hybridized carbons (Fsp3) is 0.389. The summed E-state index contributed by atoms with van der Waals surface area (Å²) in [5.74, 6) is 1.05. The van der Waals surface area contributed by atoms with Crippen LogP contribution in [0.25, 0.3) is 11.2 Å². The Bertz CT molecular complexity index is 1030. The summed E-state index contributed by atoms with van der Waals surface area (Å²) in [7, 11) is -1.50. The molecular formula is C18H20F2N5O5P. The van der Waals surface area contributed by atoms with Crippen molar-refractivity contribution in [2.24, 2.45) is 0 Å². The van der Waals surface area contributed by atoms with Gasteiger partial charge in [-0.25, -0.2) is 23.7 Å². The standard InChI is InChI=1S/C17H18N5O5P.CH2F2/c18-15-14-16(20-8-19-15)22(9-21-14)17-12(23)5-11(26-17)7-25-28-24-6-10-3-1-2-4-13(10)27-28;2-1-3/h1-4,8-9,11-12,17,23H,5-7H2,(H2,18,19,20);1H2. The molecule has 166 valence electrons. The van der Waals surface area contributed by atoms with E-state index in [0.29, 0.717) is 24.2 Å². The number of para-hydroxylation sites is 1. The molecule has 0 radical (unpaired) electrons. The first-order chi connectivity index (χ1) is 15.1. The normalized spacial score (nSPS) is 24.9. The van der Waals surface area contributed by atoms with Crippen LogP contribution < -0.4 is 10.3 Å². The molecule has 5 rings (SSSR count). The fourth-order valence-corrected chi connectivity index (χ4v) is 4.34. The van der Waals surface area contributed by atoms with Crippen LogP contribution >= 0.6 is 8.60 Å². The zero-order valence-electron chi connectivity index (χ0n) is 16.2. The molecule has 10 nitrogen and oxygen atoms in total. The first kappa shape index (κ1) is 21.7. The fourth-order valence-electron chi connectivity index (χ4n) is 3.29. The molecule has 1 saturated heterocycles. The molecule has 2 aliphatic rings. The number of ether oxygens (including phenoxy) is 1. The molecule has 0 bridgehead atoms. The van der Waals surface area contributed by atoms with Gasteiger partial charge in [-0.05, 0) is 6.07 Å². The topological polar surface area (TPSA) is 127 Å². The molecule has 3 N–H and O–H groups in total. The van der Waals surface area contributed by atoms with Gasteiger partial charge in [0.2, 0.25) is 6.93 Å². The number of aromatic nitrogens is 4. The summed E-state index contributed by atoms with van der Waals surface area (Å²) in [6.07, 6.45) is 1.63. The Hall–Kier alpha value is -2.50. The minimum absolute atomic E-state index is 0.241. The van der Waals surface area contributed by atoms with E-state index in [9.17, 15) is 13.9 Å². The van der Waals surface area contributed by atoms with E-state index in [4.69, 9.17) is 24.0 Å². The third-order valence-corrected chi connectivity index (χ3v) is 5.71. The van der Waals surface area contributed by atoms with Crippen LogP contribution in [0.2, 0.25) is 0 Å². The Kier molecular flexibility index (Phi) is 6.83. The summed E-state index contributed by atoms with van der Waals surface area (Å²) in [4.78, 5) is 12.3. The van der Waals surface area contributed by atoms with Crippen molar-refractivity contribution in [1.29, 1.82) is 0 Å². The number of aliphatic hydroxyl groups is 1. The molecule has 0 saturated carbocycles. The van der Waals surface area contributed by atoms with E-state index >= 15 is 0 Å². The molecule has 1 fully saturated rings. The van der Waals surface area contributed by atoms with Crippen molar-refractivity contribution in [2.75, 3.05) is 19.3 Å². The highest BCUT2D eigenvalue weighted by Crippen LogP contribution is 2.47. The van der Waals surface area contributed by atoms with E-state index in [2.05, 4.69) is 15.0 Å². The second kappa shape index (κ2) is 9.75. The molecule has 2 aromatic heterocycles. The SMILES string of the molecule is FCF.Nc1ncnc2c1ncn2C1OC(COP2OCc3ccccc3O2)CC1O. The quantitative estimate of drug-likeness (QED) is 0.571. The maximum Gasteiger partial charge on any atom is 0.397 e. The molecule has 3 aromatic rings. The maximum atomic E-state index is 10.5. The van der Waals surface area contributed by atoms with E-state index in [1.165, 1.54) is 6.33 Å². The smallest absolute Gasteiger partial charge is 0.397 e. The van der Waals surface area contributed by atoms with E-state index < -0.39 is 27.9 Å². The number of hydrogen-bond donors (Lipinski definition) is 2. The zero-order chi connectivity index (χ0) is 21.8. The minimum Gasteiger partial charge on any atom is -0.426 e. The lowest BCUT2D eigenvalue weighted by molar-refractivity contribution is -0.0473. The molecule has 31 heavy (non-hydrogen) atoms. The molecule has 4 heterocycles. The molecule has 0 aliphatic carbocycles. The Morgan fingerprint density at radius 3 is 2.90 bits per heavy atom. The van der Waals surface area contributed by atoms with Crippen LogP contribution in [-0.2, 0) is 20.4 Å². The van der Waals surface area contributed by atoms with E-state index in [1.54, 1.807) is 10.9 Å². The van der Waals surface area contributed by atoms with Crippen LogP contribution in [0.1, 0.15) is 18.2 Å². The summed E-state index contributed by atoms with van der Waals surface area (Å²) in [6.45, 7) is -1.06. The number of aliphatic hydroxyl groups excluding tert-OH is 1. The van der Waals surface area contributed by atoms with Crippen molar-refractivity contribution in [3.05, 3.63) is 42.5 Å². The van der Waals surface area contributed by atoms with Gasteiger partial charge in [0, 0.05) is 12.0 Å². The Morgan fingerprint density at radius 2 is 2.06 bits per heavy atom. The van der Waals surface area contributed by atoms with Gasteiger partial charge in [-0.3, -0.25) is 13.6 Å². The molecule has 0 amide bonds. The summed E-state index contributed by atoms with van der Waals surface area (Å²) >= 11 is 0. The van der Waals surface area contributed by atoms with E-state index in [-0.39, 0.29) is 18.5 Å². The second-order valence-corrected chi connectivity index (χ2v) is 7.77. The predicted molar refractivity (Wildman–Crippen MR) is 106 cm³/mol. The van der Waals surface area contributed by atoms with Gasteiger partial charge in [-0.1, -0.05) is 18.2 Å². The lowest BCUT2D eigenvalue weighted by Crippen LogP contribution is -2.19. The number of imidazole rings is 1. The molecule has 1 aromatic carbocycles. The maximum absolute atomic E-state index is 10.5. The lowest BCUT2D eigenvalue weighted by Gasteiger charge is -2.24. The van der Waals surface area contributed by atoms with Crippen molar-refractivity contribution in [1.82, 2.24) is 19.5 Å². The number of nitrogens with two attached hydrogens (primary N) is 1. The number of halogens is 2. The summed E-state index contributed by atoms with van der Waals surface area (Å²) in [5, 5.41) is 10.5. The number of anilines is 1. The highest BCUT2D eigenvalue weighted by Gasteiger charge is 2.37. The Labute approximate surface area is 176 Å². The summed E-state index contributed by atoms with van der Waals surface area (Å²) < 4.78 is 44.0. The third kappa shape index (κ3) is 4.73. The van der Waals surface area contributed by atoms with Gasteiger partial charge in [0.1, 0.15) is 23.7 Å². The van der Waals surface area contributed by atoms with Gasteiger partial charge in [0.25, 0.3) is 0 Å². The van der Waals surface area contributed by atoms with Crippen LogP contribution in [-0.4, -0.2) is 50.4 Å². The van der Waals surface area contributed by atoms with E-state index in [1.807, 2.05) is 24.3 Å². The van der Waals surface area contributed by atoms with Crippen molar-refractivity contribution >= 4 is 25.6 Å². The van der Waals surface area contributed by atoms with Crippen LogP contribution in [0.3, 0.4) is 0 Å². The first-order valence-corrected chi connectivity index (χ1v) is 10.4. The summed E-state index contributed by atoms with van der Waals surface area (Å²) in [6, 6.07) is 7.69. The van der Waals surface area contributed by atoms with Gasteiger partial charge in [-0.2, -0.15) is 0 Å². The molecule has 4 atom stereocenters. The molecule has 4 unspecified atom stereocenters. The predicted octanol–water partition coefficient (Wildman–Crippen LogP) is 2.79. The molecular weight excluding hydrogens is 435 g/mol. The number of alkyl halides is 2. The van der Waals surface area contributed by atoms with Gasteiger partial charge in [0.05, 0.1) is 25.6 Å². The van der Waals surface area contributed by atoms with Crippen LogP contribution in [0, 0.1) is 0 Å². The number of nitrogens with zero attached hydrogens (tertiary/aromatic N) is 4. The molecule has 0 spiro atoms. The zero-order valence-corrected chi connectivity index (χ0v) is 17.1. The average molecular weight is 455 g/mol. The van der Waals surface area contributed by atoms with Crippen LogP contribution in [0.5, 0.6) is 5.75 Å². The number of rotatable bonds is 4. The van der Waals surface area contributed by atoms with Gasteiger partial charge in [0.15, 0.2) is 17.7 Å². The monoisotopic (exact) mass is 455 g/mol. The highest BCUT2D eigenvalue weighted by molar-refractivity contribution is 7.42. The number of fused-ring (bicyclic) bond motifs is 2. The van der Waals surface area contributed by atoms with Gasteiger partial charge >= 0.3 is 8.60 Å². The number of nitrogen functional groups attached to an aromatic ring is 1. The van der Waals surface area contributed by atoms with Crippen molar-refractivity contribution < 1.29 is 32.2 Å². The van der Waals surface area contributed by atoms with Crippen molar-refractivity contribution in [3.63, 3.8) is 0 Å². The van der Waals surface area contributed by atoms with Gasteiger partial charge in [-0.15, -0.1) is 0 Å². The second-order valence-electron chi connectivity index (χ2n) is 6.63. The first-order valence-electron chi connectivity index (χ1n) is 9.31. The third-order valence-electron chi connectivity index (χ3n) is 4.66. The summed E-state index contributed by atoms with van der Waals surface area (Å²) in [5.41, 5.74) is 7.80. The molecule has 13 heteroatoms. The van der Waals surface area contributed by atoms with Crippen molar-refractivity contribution in [3.8, 4) is 5.75 Å². The average Bonchev–Trinajstić information content (AvgIpc) is 3.36.